The Balaban J connectivity index is 1.57. The number of anilines is 1. The molecule has 1 aromatic carbocycles. The van der Waals surface area contributed by atoms with Crippen LogP contribution < -0.4 is 16.0 Å². The molecule has 0 bridgehead atoms. The van der Waals surface area contributed by atoms with Gasteiger partial charge in [0.1, 0.15) is 0 Å². The van der Waals surface area contributed by atoms with E-state index >= 15 is 0 Å². The minimum absolute atomic E-state index is 0.0612. The molecule has 0 radical (unpaired) electrons. The summed E-state index contributed by atoms with van der Waals surface area (Å²) in [6.07, 6.45) is 0.765. The molecule has 0 spiro atoms. The Morgan fingerprint density at radius 1 is 1.29 bits per heavy atom. The van der Waals surface area contributed by atoms with Crippen LogP contribution in [0.5, 0.6) is 0 Å². The highest BCUT2D eigenvalue weighted by Gasteiger charge is 2.32. The first-order valence-electron chi connectivity index (χ1n) is 9.56. The maximum atomic E-state index is 12.4. The van der Waals surface area contributed by atoms with Gasteiger partial charge in [-0.1, -0.05) is 12.1 Å². The van der Waals surface area contributed by atoms with Crippen LogP contribution in [-0.2, 0) is 21.4 Å². The minimum Gasteiger partial charge on any atom is -0.374 e. The van der Waals surface area contributed by atoms with Gasteiger partial charge in [-0.05, 0) is 12.5 Å². The molecule has 9 nitrogen and oxygen atoms in total. The van der Waals surface area contributed by atoms with Crippen molar-refractivity contribution in [2.24, 2.45) is 7.05 Å². The fourth-order valence-corrected chi connectivity index (χ4v) is 3.92. The number of fused-ring (bicyclic) bond motifs is 1. The summed E-state index contributed by atoms with van der Waals surface area (Å²) < 4.78 is 1.73. The number of benzene rings is 1. The second-order valence-corrected chi connectivity index (χ2v) is 7.20. The summed E-state index contributed by atoms with van der Waals surface area (Å²) in [6, 6.07) is 5.71. The van der Waals surface area contributed by atoms with Crippen molar-refractivity contribution in [3.8, 4) is 0 Å². The number of hydrogen-bond acceptors (Lipinski definition) is 6. The van der Waals surface area contributed by atoms with Crippen LogP contribution in [0, 0.1) is 0 Å². The number of carbonyl (C=O) groups is 3. The maximum absolute atomic E-state index is 12.4. The second kappa shape index (κ2) is 7.59. The van der Waals surface area contributed by atoms with E-state index in [2.05, 4.69) is 21.0 Å². The molecule has 3 amide bonds. The highest BCUT2D eigenvalue weighted by Crippen LogP contribution is 2.33. The Hall–Kier alpha value is -2.94. The van der Waals surface area contributed by atoms with Crippen LogP contribution in [0.2, 0.25) is 0 Å². The van der Waals surface area contributed by atoms with Gasteiger partial charge >= 0.3 is 0 Å². The molecule has 1 unspecified atom stereocenters. The number of para-hydroxylation sites is 1. The molecular weight excluding hydrogens is 360 g/mol. The summed E-state index contributed by atoms with van der Waals surface area (Å²) in [5, 5.41) is 14.3. The Labute approximate surface area is 162 Å². The summed E-state index contributed by atoms with van der Waals surface area (Å²) in [7, 11) is 1.82. The molecule has 3 N–H and O–H groups in total. The summed E-state index contributed by atoms with van der Waals surface area (Å²) in [4.78, 5) is 38.0. The highest BCUT2D eigenvalue weighted by atomic mass is 16.2. The van der Waals surface area contributed by atoms with E-state index < -0.39 is 5.92 Å². The summed E-state index contributed by atoms with van der Waals surface area (Å²) in [5.74, 6) is -0.927. The van der Waals surface area contributed by atoms with E-state index in [1.54, 1.807) is 4.68 Å². The molecule has 1 aromatic heterocycles. The monoisotopic (exact) mass is 384 g/mol. The molecule has 2 aliphatic rings. The molecular formula is C19H24N6O3. The maximum Gasteiger partial charge on any atom is 0.241 e. The first-order valence-corrected chi connectivity index (χ1v) is 9.56. The summed E-state index contributed by atoms with van der Waals surface area (Å²) in [5.41, 5.74) is 2.31. The lowest BCUT2D eigenvalue weighted by molar-refractivity contribution is -0.134. The number of aromatic nitrogens is 2. The normalized spacial score (nSPS) is 20.3. The smallest absolute Gasteiger partial charge is 0.241 e. The number of nitrogens with one attached hydrogen (secondary N) is 3. The number of hydrogen-bond donors (Lipinski definition) is 3. The number of carbonyl (C=O) groups excluding carboxylic acids is 3. The average molecular weight is 384 g/mol. The Morgan fingerprint density at radius 3 is 2.82 bits per heavy atom. The zero-order valence-corrected chi connectivity index (χ0v) is 15.8. The van der Waals surface area contributed by atoms with Gasteiger partial charge in [0.2, 0.25) is 17.7 Å². The lowest BCUT2D eigenvalue weighted by Gasteiger charge is -2.27. The molecule has 3 heterocycles. The molecule has 2 aliphatic heterocycles. The molecule has 0 saturated carbocycles. The van der Waals surface area contributed by atoms with Gasteiger partial charge in [0.15, 0.2) is 0 Å². The quantitative estimate of drug-likeness (QED) is 0.637. The summed E-state index contributed by atoms with van der Waals surface area (Å²) in [6.45, 7) is 3.28. The van der Waals surface area contributed by atoms with Gasteiger partial charge in [-0.2, -0.15) is 5.10 Å². The molecule has 148 valence electrons. The van der Waals surface area contributed by atoms with Crippen LogP contribution in [0.4, 0.5) is 5.69 Å². The predicted molar refractivity (Wildman–Crippen MR) is 104 cm³/mol. The van der Waals surface area contributed by atoms with E-state index in [1.165, 1.54) is 0 Å². The van der Waals surface area contributed by atoms with Gasteiger partial charge in [-0.15, -0.1) is 0 Å². The van der Waals surface area contributed by atoms with Gasteiger partial charge in [-0.3, -0.25) is 24.4 Å². The molecule has 1 atom stereocenters. The lowest BCUT2D eigenvalue weighted by atomic mass is 9.92. The molecule has 9 heteroatoms. The number of nitrogens with zero attached hydrogens (tertiary/aromatic N) is 3. The van der Waals surface area contributed by atoms with E-state index in [0.717, 1.165) is 42.8 Å². The van der Waals surface area contributed by atoms with E-state index in [-0.39, 0.29) is 24.3 Å². The predicted octanol–water partition coefficient (Wildman–Crippen LogP) is -0.0628. The number of piperidine rings is 1. The van der Waals surface area contributed by atoms with Crippen molar-refractivity contribution < 1.29 is 14.4 Å². The van der Waals surface area contributed by atoms with Crippen LogP contribution in [0.3, 0.4) is 0 Å². The first-order chi connectivity index (χ1) is 13.5. The minimum atomic E-state index is -0.445. The van der Waals surface area contributed by atoms with Crippen LogP contribution in [0.1, 0.15) is 24.5 Å². The second-order valence-electron chi connectivity index (χ2n) is 7.20. The number of aryl methyl sites for hydroxylation is 1. The van der Waals surface area contributed by atoms with Crippen molar-refractivity contribution in [1.29, 1.82) is 0 Å². The Kier molecular flexibility index (Phi) is 4.99. The van der Waals surface area contributed by atoms with Crippen LogP contribution >= 0.6 is 0 Å². The van der Waals surface area contributed by atoms with E-state index in [4.69, 9.17) is 0 Å². The van der Waals surface area contributed by atoms with Gasteiger partial charge < -0.3 is 15.5 Å². The standard InChI is InChI=1S/C19H24N6O3/c1-24-18-12(17(23-24)13-5-6-15(26)22-19(13)28)3-2-4-14(18)21-11-16(27)25-9-7-20-8-10-25/h2-4,13,20-21H,5-11H2,1H3,(H,22,26,28). The summed E-state index contributed by atoms with van der Waals surface area (Å²) >= 11 is 0. The van der Waals surface area contributed by atoms with Gasteiger partial charge in [-0.25, -0.2) is 0 Å². The van der Waals surface area contributed by atoms with Crippen molar-refractivity contribution in [2.45, 2.75) is 18.8 Å². The van der Waals surface area contributed by atoms with Crippen LogP contribution in [0.15, 0.2) is 18.2 Å². The zero-order chi connectivity index (χ0) is 19.7. The molecule has 2 aromatic rings. The van der Waals surface area contributed by atoms with Crippen molar-refractivity contribution in [1.82, 2.24) is 25.3 Å². The fourth-order valence-electron chi connectivity index (χ4n) is 3.92. The van der Waals surface area contributed by atoms with Crippen molar-refractivity contribution in [3.05, 3.63) is 23.9 Å². The highest BCUT2D eigenvalue weighted by molar-refractivity contribution is 6.03. The lowest BCUT2D eigenvalue weighted by Crippen LogP contribution is -2.48. The van der Waals surface area contributed by atoms with Crippen molar-refractivity contribution in [3.63, 3.8) is 0 Å². The fraction of sp³-hybridized carbons (Fsp3) is 0.474. The largest absolute Gasteiger partial charge is 0.374 e. The molecule has 2 saturated heterocycles. The third-order valence-corrected chi connectivity index (χ3v) is 5.36. The van der Waals surface area contributed by atoms with Gasteiger partial charge in [0.25, 0.3) is 0 Å². The molecule has 2 fully saturated rings. The van der Waals surface area contributed by atoms with Crippen LogP contribution in [-0.4, -0.2) is 65.1 Å². The number of amides is 3. The van der Waals surface area contributed by atoms with Crippen molar-refractivity contribution in [2.75, 3.05) is 38.0 Å². The first kappa shape index (κ1) is 18.4. The van der Waals surface area contributed by atoms with Crippen LogP contribution in [0.25, 0.3) is 10.9 Å². The third-order valence-electron chi connectivity index (χ3n) is 5.36. The molecule has 4 rings (SSSR count). The van der Waals surface area contributed by atoms with Gasteiger partial charge in [0.05, 0.1) is 29.4 Å². The topological polar surface area (TPSA) is 108 Å². The van der Waals surface area contributed by atoms with Gasteiger partial charge in [0, 0.05) is 45.0 Å². The molecule has 28 heavy (non-hydrogen) atoms. The Bertz CT molecular complexity index is 931. The average Bonchev–Trinajstić information content (AvgIpc) is 3.04. The van der Waals surface area contributed by atoms with E-state index in [0.29, 0.717) is 18.5 Å². The van der Waals surface area contributed by atoms with Crippen molar-refractivity contribution >= 4 is 34.3 Å². The SMILES string of the molecule is Cn1nc(C2CCC(=O)NC2=O)c2cccc(NCC(=O)N3CCNCC3)c21. The molecule has 0 aliphatic carbocycles. The Morgan fingerprint density at radius 2 is 2.07 bits per heavy atom. The number of piperazine rings is 1. The van der Waals surface area contributed by atoms with E-state index in [9.17, 15) is 14.4 Å². The number of rotatable bonds is 4. The zero-order valence-electron chi connectivity index (χ0n) is 15.8. The third kappa shape index (κ3) is 3.45. The van der Waals surface area contributed by atoms with E-state index in [1.807, 2.05) is 30.1 Å². The number of imide groups is 1.